The number of imidazole rings is 2. The van der Waals surface area contributed by atoms with Gasteiger partial charge in [-0.25, -0.2) is 4.98 Å². The number of nitrogens with zero attached hydrogens (tertiary/aromatic N) is 4. The van der Waals surface area contributed by atoms with E-state index in [-0.39, 0.29) is 6.71 Å². The third-order valence-corrected chi connectivity index (χ3v) is 10.7. The molecule has 0 unspecified atom stereocenters. The van der Waals surface area contributed by atoms with Crippen molar-refractivity contribution in [2.24, 2.45) is 0 Å². The summed E-state index contributed by atoms with van der Waals surface area (Å²) in [6, 6.07) is 54.4. The standard InChI is InChI=1S/C43H25BN4O/c1-2-13-26(14-3-1)27-15-4-6-18-30(27)44-31-19-12-17-29-28-16-5-8-21-33(28)46(40(29)31)36-25-37-41-42(39(36)44)49-38-24-11-10-23-35(38)48(41)43-45-32-20-7-9-22-34(32)47(37)43/h1-25H. The Morgan fingerprint density at radius 3 is 2.16 bits per heavy atom. The van der Waals surface area contributed by atoms with Gasteiger partial charge in [-0.15, -0.1) is 0 Å². The normalized spacial score (nSPS) is 12.9. The number of fused-ring (bicyclic) bond motifs is 13. The van der Waals surface area contributed by atoms with E-state index in [0.717, 1.165) is 55.7 Å². The summed E-state index contributed by atoms with van der Waals surface area (Å²) in [6.45, 7) is -0.0935. The van der Waals surface area contributed by atoms with E-state index < -0.39 is 0 Å². The van der Waals surface area contributed by atoms with Gasteiger partial charge in [-0.05, 0) is 58.5 Å². The molecular weight excluding hydrogens is 599 g/mol. The van der Waals surface area contributed by atoms with Crippen molar-refractivity contribution in [3.05, 3.63) is 152 Å². The quantitative estimate of drug-likeness (QED) is 0.144. The Balaban J connectivity index is 1.36. The largest absolute Gasteiger partial charge is 0.453 e. The van der Waals surface area contributed by atoms with Crippen LogP contribution in [0.25, 0.3) is 83.1 Å². The molecule has 0 amide bonds. The van der Waals surface area contributed by atoms with E-state index >= 15 is 0 Å². The van der Waals surface area contributed by atoms with Gasteiger partial charge in [0.1, 0.15) is 5.52 Å². The number of hydrogen-bond acceptors (Lipinski definition) is 2. The van der Waals surface area contributed by atoms with Gasteiger partial charge < -0.3 is 8.98 Å². The lowest BCUT2D eigenvalue weighted by Gasteiger charge is -2.29. The molecule has 1 aliphatic rings. The Labute approximate surface area is 279 Å². The third kappa shape index (κ3) is 3.14. The van der Waals surface area contributed by atoms with E-state index in [1.54, 1.807) is 0 Å². The number of benzene rings is 7. The van der Waals surface area contributed by atoms with Crippen molar-refractivity contribution in [1.82, 2.24) is 18.4 Å². The monoisotopic (exact) mass is 624 g/mol. The maximum Gasteiger partial charge on any atom is 0.252 e. The maximum atomic E-state index is 7.18. The van der Waals surface area contributed by atoms with E-state index in [0.29, 0.717) is 0 Å². The molecule has 7 aromatic carbocycles. The van der Waals surface area contributed by atoms with Gasteiger partial charge in [0.05, 0.1) is 27.6 Å². The van der Waals surface area contributed by atoms with Crippen molar-refractivity contribution in [2.75, 3.05) is 0 Å². The van der Waals surface area contributed by atoms with Crippen LogP contribution in [-0.2, 0) is 0 Å². The second-order valence-corrected chi connectivity index (χ2v) is 13.1. The van der Waals surface area contributed by atoms with Crippen molar-refractivity contribution in [1.29, 1.82) is 0 Å². The van der Waals surface area contributed by atoms with Crippen LogP contribution in [0.3, 0.4) is 0 Å². The molecule has 0 aliphatic carbocycles. The van der Waals surface area contributed by atoms with Crippen molar-refractivity contribution in [3.63, 3.8) is 0 Å². The molecule has 0 saturated heterocycles. The van der Waals surface area contributed by atoms with Crippen LogP contribution in [0.1, 0.15) is 0 Å². The Hall–Kier alpha value is -6.53. The highest BCUT2D eigenvalue weighted by molar-refractivity contribution is 7.00. The lowest BCUT2D eigenvalue weighted by atomic mass is 9.34. The number of aromatic nitrogens is 4. The minimum Gasteiger partial charge on any atom is -0.453 e. The highest BCUT2D eigenvalue weighted by Crippen LogP contribution is 2.39. The highest BCUT2D eigenvalue weighted by Gasteiger charge is 2.39. The van der Waals surface area contributed by atoms with E-state index in [4.69, 9.17) is 9.40 Å². The molecule has 0 spiro atoms. The van der Waals surface area contributed by atoms with Crippen LogP contribution < -0.4 is 16.4 Å². The molecule has 226 valence electrons. The van der Waals surface area contributed by atoms with Gasteiger partial charge in [-0.3, -0.25) is 8.80 Å². The van der Waals surface area contributed by atoms with Gasteiger partial charge >= 0.3 is 0 Å². The van der Waals surface area contributed by atoms with Gasteiger partial charge in [0.2, 0.25) is 5.78 Å². The van der Waals surface area contributed by atoms with Gasteiger partial charge in [0.15, 0.2) is 11.2 Å². The van der Waals surface area contributed by atoms with Crippen LogP contribution in [0.5, 0.6) is 0 Å². The highest BCUT2D eigenvalue weighted by atomic mass is 16.3. The topological polar surface area (TPSA) is 39.8 Å². The molecule has 5 heterocycles. The van der Waals surface area contributed by atoms with Gasteiger partial charge in [-0.1, -0.05) is 121 Å². The summed E-state index contributed by atoms with van der Waals surface area (Å²) < 4.78 is 14.3. The Morgan fingerprint density at radius 2 is 1.24 bits per heavy atom. The summed E-state index contributed by atoms with van der Waals surface area (Å²) in [4.78, 5) is 5.24. The van der Waals surface area contributed by atoms with Gasteiger partial charge in [-0.2, -0.15) is 0 Å². The molecule has 12 rings (SSSR count). The van der Waals surface area contributed by atoms with E-state index in [9.17, 15) is 0 Å². The molecule has 0 radical (unpaired) electrons. The summed E-state index contributed by atoms with van der Waals surface area (Å²) in [7, 11) is 0. The van der Waals surface area contributed by atoms with Crippen molar-refractivity contribution in [3.8, 4) is 16.8 Å². The zero-order chi connectivity index (χ0) is 31.8. The summed E-state index contributed by atoms with van der Waals surface area (Å²) >= 11 is 0. The lowest BCUT2D eigenvalue weighted by Crippen LogP contribution is -2.56. The van der Waals surface area contributed by atoms with Gasteiger partial charge in [0.25, 0.3) is 6.71 Å². The van der Waals surface area contributed by atoms with Crippen LogP contribution in [0.15, 0.2) is 156 Å². The fraction of sp³-hybridized carbons (Fsp3) is 0. The zero-order valence-corrected chi connectivity index (χ0v) is 26.2. The van der Waals surface area contributed by atoms with E-state index in [2.05, 4.69) is 165 Å². The second kappa shape index (κ2) is 9.09. The molecule has 0 N–H and O–H groups in total. The molecular formula is C43H25BN4O. The van der Waals surface area contributed by atoms with E-state index in [1.165, 1.54) is 43.9 Å². The second-order valence-electron chi connectivity index (χ2n) is 13.1. The fourth-order valence-corrected chi connectivity index (χ4v) is 8.79. The maximum absolute atomic E-state index is 7.18. The molecule has 5 nitrogen and oxygen atoms in total. The van der Waals surface area contributed by atoms with Crippen molar-refractivity contribution >= 4 is 89.4 Å². The Morgan fingerprint density at radius 1 is 0.531 bits per heavy atom. The average Bonchev–Trinajstić information content (AvgIpc) is 3.81. The molecule has 0 saturated carbocycles. The molecule has 0 fully saturated rings. The predicted octanol–water partition coefficient (Wildman–Crippen LogP) is 8.23. The van der Waals surface area contributed by atoms with Crippen LogP contribution in [0.4, 0.5) is 0 Å². The van der Waals surface area contributed by atoms with Crippen molar-refractivity contribution in [2.45, 2.75) is 0 Å². The Bertz CT molecular complexity index is 3180. The predicted molar refractivity (Wildman–Crippen MR) is 202 cm³/mol. The first kappa shape index (κ1) is 25.6. The summed E-state index contributed by atoms with van der Waals surface area (Å²) in [6.07, 6.45) is 0. The minimum absolute atomic E-state index is 0.0935. The smallest absolute Gasteiger partial charge is 0.252 e. The molecule has 1 aliphatic heterocycles. The minimum atomic E-state index is -0.0935. The molecule has 0 atom stereocenters. The van der Waals surface area contributed by atoms with Crippen LogP contribution in [0, 0.1) is 0 Å². The summed E-state index contributed by atoms with van der Waals surface area (Å²) in [5.74, 6) is 0.886. The molecule has 0 bridgehead atoms. The number of rotatable bonds is 2. The third-order valence-electron chi connectivity index (χ3n) is 10.7. The molecule has 4 aromatic heterocycles. The summed E-state index contributed by atoms with van der Waals surface area (Å²) in [5, 5.41) is 2.51. The lowest BCUT2D eigenvalue weighted by molar-refractivity contribution is 0.658. The fourth-order valence-electron chi connectivity index (χ4n) is 8.79. The first-order chi connectivity index (χ1) is 24.3. The first-order valence-corrected chi connectivity index (χ1v) is 16.8. The molecule has 49 heavy (non-hydrogen) atoms. The first-order valence-electron chi connectivity index (χ1n) is 16.8. The van der Waals surface area contributed by atoms with Crippen LogP contribution in [-0.4, -0.2) is 25.1 Å². The van der Waals surface area contributed by atoms with Crippen molar-refractivity contribution < 1.29 is 4.42 Å². The average molecular weight is 625 g/mol. The zero-order valence-electron chi connectivity index (χ0n) is 26.2. The Kier molecular flexibility index (Phi) is 4.74. The van der Waals surface area contributed by atoms with Crippen LogP contribution >= 0.6 is 0 Å². The summed E-state index contributed by atoms with van der Waals surface area (Å²) in [5.41, 5.74) is 16.6. The molecule has 11 aromatic rings. The number of hydrogen-bond donors (Lipinski definition) is 0. The molecule has 6 heteroatoms. The van der Waals surface area contributed by atoms with Crippen LogP contribution in [0.2, 0.25) is 0 Å². The number of para-hydroxylation sites is 6. The van der Waals surface area contributed by atoms with Gasteiger partial charge in [0, 0.05) is 22.0 Å². The van der Waals surface area contributed by atoms with E-state index in [1.807, 2.05) is 0 Å². The SMILES string of the molecule is c1ccc(-c2ccccc2B2c3c(cc4c5c3oc3ccccc3n5c3nc5ccccc5n43)-n3c4ccccc4c4cccc2c43)cc1.